The Morgan fingerprint density at radius 2 is 1.91 bits per heavy atom. The molecule has 1 amide bonds. The molecular weight excluding hydrogens is 422 g/mol. The number of carbonyl (C=O) groups excluding carboxylic acids is 1. The summed E-state index contributed by atoms with van der Waals surface area (Å²) in [6, 6.07) is 0. The van der Waals surface area contributed by atoms with Crippen LogP contribution in [0.2, 0.25) is 0 Å². The molecule has 4 aliphatic rings. The molecule has 3 saturated heterocycles. The SMILES string of the molecule is C=C1N(CC2=CCCC=C2)CCC12CCN(C(=O)C1CCN(CC(/C=C\NC)=C/N)CC1)CC2. The number of piperidine rings is 2. The average molecular weight is 466 g/mol. The van der Waals surface area contributed by atoms with Gasteiger partial charge >= 0.3 is 0 Å². The van der Waals surface area contributed by atoms with Gasteiger partial charge in [0.25, 0.3) is 0 Å². The molecule has 0 bridgehead atoms. The van der Waals surface area contributed by atoms with Gasteiger partial charge in [-0.05, 0) is 87.7 Å². The van der Waals surface area contributed by atoms with E-state index in [9.17, 15) is 4.79 Å². The van der Waals surface area contributed by atoms with Crippen molar-refractivity contribution in [1.82, 2.24) is 20.0 Å². The van der Waals surface area contributed by atoms with Crippen LogP contribution in [-0.4, -0.2) is 73.5 Å². The lowest BCUT2D eigenvalue weighted by atomic mass is 9.75. The maximum Gasteiger partial charge on any atom is 0.225 e. The molecule has 6 heteroatoms. The summed E-state index contributed by atoms with van der Waals surface area (Å²) < 4.78 is 0. The van der Waals surface area contributed by atoms with Gasteiger partial charge in [0.2, 0.25) is 5.91 Å². The number of nitrogens with one attached hydrogen (secondary N) is 1. The van der Waals surface area contributed by atoms with E-state index in [0.717, 1.165) is 89.9 Å². The Bertz CT molecular complexity index is 854. The molecule has 3 aliphatic heterocycles. The zero-order valence-corrected chi connectivity index (χ0v) is 21.0. The van der Waals surface area contributed by atoms with E-state index in [1.807, 2.05) is 19.3 Å². The summed E-state index contributed by atoms with van der Waals surface area (Å²) in [5.41, 5.74) is 9.81. The largest absolute Gasteiger partial charge is 0.404 e. The average Bonchev–Trinajstić information content (AvgIpc) is 3.17. The second-order valence-corrected chi connectivity index (χ2v) is 10.4. The van der Waals surface area contributed by atoms with Gasteiger partial charge < -0.3 is 20.9 Å². The molecule has 0 radical (unpaired) electrons. The van der Waals surface area contributed by atoms with Gasteiger partial charge in [-0.25, -0.2) is 0 Å². The van der Waals surface area contributed by atoms with Crippen LogP contribution in [0.25, 0.3) is 0 Å². The second-order valence-electron chi connectivity index (χ2n) is 10.4. The second kappa shape index (κ2) is 11.3. The van der Waals surface area contributed by atoms with E-state index < -0.39 is 0 Å². The van der Waals surface area contributed by atoms with Gasteiger partial charge in [0.1, 0.15) is 0 Å². The molecule has 3 heterocycles. The van der Waals surface area contributed by atoms with Gasteiger partial charge in [-0.15, -0.1) is 0 Å². The number of hydrogen-bond acceptors (Lipinski definition) is 5. The van der Waals surface area contributed by atoms with Crippen molar-refractivity contribution in [2.45, 2.75) is 44.9 Å². The van der Waals surface area contributed by atoms with Crippen LogP contribution < -0.4 is 11.1 Å². The van der Waals surface area contributed by atoms with Gasteiger partial charge in [-0.1, -0.05) is 24.8 Å². The molecule has 0 aromatic heterocycles. The van der Waals surface area contributed by atoms with Crippen molar-refractivity contribution < 1.29 is 4.79 Å². The number of likely N-dealkylation sites (tertiary alicyclic amines) is 3. The summed E-state index contributed by atoms with van der Waals surface area (Å²) in [6.45, 7) is 11.1. The van der Waals surface area contributed by atoms with Crippen LogP contribution in [0.1, 0.15) is 44.9 Å². The lowest BCUT2D eigenvalue weighted by Crippen LogP contribution is -2.48. The molecule has 4 rings (SSSR count). The van der Waals surface area contributed by atoms with Crippen molar-refractivity contribution >= 4 is 5.91 Å². The van der Waals surface area contributed by atoms with Crippen LogP contribution in [0.4, 0.5) is 0 Å². The summed E-state index contributed by atoms with van der Waals surface area (Å²) in [5, 5.41) is 3.01. The highest BCUT2D eigenvalue weighted by molar-refractivity contribution is 5.79. The number of hydrogen-bond donors (Lipinski definition) is 2. The third kappa shape index (κ3) is 5.60. The van der Waals surface area contributed by atoms with E-state index in [4.69, 9.17) is 5.73 Å². The van der Waals surface area contributed by atoms with Gasteiger partial charge in [-0.2, -0.15) is 0 Å². The summed E-state index contributed by atoms with van der Waals surface area (Å²) in [6.07, 6.45) is 20.0. The van der Waals surface area contributed by atoms with Gasteiger partial charge in [0, 0.05) is 56.8 Å². The Kier molecular flexibility index (Phi) is 8.19. The van der Waals surface area contributed by atoms with Crippen LogP contribution in [-0.2, 0) is 4.79 Å². The topological polar surface area (TPSA) is 64.8 Å². The summed E-state index contributed by atoms with van der Waals surface area (Å²) in [5.74, 6) is 0.536. The molecule has 0 unspecified atom stereocenters. The molecule has 34 heavy (non-hydrogen) atoms. The number of carbonyl (C=O) groups is 1. The summed E-state index contributed by atoms with van der Waals surface area (Å²) in [4.78, 5) is 20.3. The Morgan fingerprint density at radius 3 is 2.56 bits per heavy atom. The molecule has 0 atom stereocenters. The fourth-order valence-corrected chi connectivity index (χ4v) is 6.04. The monoisotopic (exact) mass is 465 g/mol. The predicted octanol–water partition coefficient (Wildman–Crippen LogP) is 3.38. The highest BCUT2D eigenvalue weighted by atomic mass is 16.2. The van der Waals surface area contributed by atoms with E-state index in [1.54, 1.807) is 6.20 Å². The van der Waals surface area contributed by atoms with Crippen molar-refractivity contribution in [3.05, 3.63) is 60.1 Å². The third-order valence-electron chi connectivity index (χ3n) is 8.35. The Hall–Kier alpha value is -2.47. The third-order valence-corrected chi connectivity index (χ3v) is 8.35. The highest BCUT2D eigenvalue weighted by Crippen LogP contribution is 2.47. The number of rotatable bonds is 7. The van der Waals surface area contributed by atoms with Crippen LogP contribution in [0.5, 0.6) is 0 Å². The molecule has 186 valence electrons. The minimum atomic E-state index is 0.164. The van der Waals surface area contributed by atoms with Crippen molar-refractivity contribution in [3.8, 4) is 0 Å². The first kappa shape index (κ1) is 24.6. The maximum atomic E-state index is 13.3. The van der Waals surface area contributed by atoms with Gasteiger partial charge in [-0.3, -0.25) is 9.69 Å². The van der Waals surface area contributed by atoms with E-state index in [2.05, 4.69) is 44.8 Å². The van der Waals surface area contributed by atoms with Gasteiger partial charge in [0.15, 0.2) is 0 Å². The minimum Gasteiger partial charge on any atom is -0.404 e. The van der Waals surface area contributed by atoms with Crippen LogP contribution >= 0.6 is 0 Å². The predicted molar refractivity (Wildman–Crippen MR) is 140 cm³/mol. The van der Waals surface area contributed by atoms with Crippen molar-refractivity contribution in [2.24, 2.45) is 17.1 Å². The van der Waals surface area contributed by atoms with E-state index >= 15 is 0 Å². The first-order valence-electron chi connectivity index (χ1n) is 13.1. The maximum absolute atomic E-state index is 13.3. The number of allylic oxidation sites excluding steroid dienone is 3. The molecule has 0 aromatic carbocycles. The molecule has 1 spiro atoms. The zero-order chi connectivity index (χ0) is 24.0. The zero-order valence-electron chi connectivity index (χ0n) is 21.0. The van der Waals surface area contributed by atoms with E-state index in [-0.39, 0.29) is 11.3 Å². The smallest absolute Gasteiger partial charge is 0.225 e. The first-order valence-corrected chi connectivity index (χ1v) is 13.1. The molecule has 0 saturated carbocycles. The quantitative estimate of drug-likeness (QED) is 0.565. The molecular formula is C28H43N5O. The first-order chi connectivity index (χ1) is 16.5. The standard InChI is InChI=1S/C28H43N5O/c1-23-28(13-19-33(23)22-24-6-4-3-5-7-24)11-17-32(18-12-28)27(34)26-9-15-31(16-10-26)21-25(20-29)8-14-30-2/h4,6-8,14,20,26,30H,1,3,5,9-13,15-19,21-22,29H2,2H3/b14-8-,25-20+. The minimum absolute atomic E-state index is 0.164. The number of nitrogens with two attached hydrogens (primary N) is 1. The lowest BCUT2D eigenvalue weighted by Gasteiger charge is -2.42. The fraction of sp³-hybridized carbons (Fsp3) is 0.607. The Balaban J connectivity index is 1.23. The number of nitrogens with zero attached hydrogens (tertiary/aromatic N) is 3. The fourth-order valence-electron chi connectivity index (χ4n) is 6.04. The summed E-state index contributed by atoms with van der Waals surface area (Å²) in [7, 11) is 1.88. The van der Waals surface area contributed by atoms with E-state index in [0.29, 0.717) is 5.91 Å². The van der Waals surface area contributed by atoms with Crippen molar-refractivity contribution in [2.75, 3.05) is 52.9 Å². The van der Waals surface area contributed by atoms with E-state index in [1.165, 1.54) is 17.7 Å². The Labute approximate surface area is 205 Å². The van der Waals surface area contributed by atoms with Crippen LogP contribution in [0, 0.1) is 11.3 Å². The molecule has 6 nitrogen and oxygen atoms in total. The summed E-state index contributed by atoms with van der Waals surface area (Å²) >= 11 is 0. The van der Waals surface area contributed by atoms with Gasteiger partial charge in [0.05, 0.1) is 0 Å². The highest BCUT2D eigenvalue weighted by Gasteiger charge is 2.45. The van der Waals surface area contributed by atoms with Crippen LogP contribution in [0.3, 0.4) is 0 Å². The Morgan fingerprint density at radius 1 is 1.18 bits per heavy atom. The molecule has 1 aliphatic carbocycles. The van der Waals surface area contributed by atoms with Crippen molar-refractivity contribution in [3.63, 3.8) is 0 Å². The molecule has 3 fully saturated rings. The van der Waals surface area contributed by atoms with Crippen LogP contribution in [0.15, 0.2) is 60.1 Å². The molecule has 0 aromatic rings. The normalized spacial score (nSPS) is 24.3. The molecule has 3 N–H and O–H groups in total. The van der Waals surface area contributed by atoms with Crippen molar-refractivity contribution in [1.29, 1.82) is 0 Å². The lowest BCUT2D eigenvalue weighted by molar-refractivity contribution is -0.139. The number of amides is 1.